The maximum Gasteiger partial charge on any atom is 0.254 e. The topological polar surface area (TPSA) is 63.7 Å². The smallest absolute Gasteiger partial charge is 0.254 e. The molecule has 0 aliphatic carbocycles. The van der Waals surface area contributed by atoms with Crippen molar-refractivity contribution in [2.45, 2.75) is 6.10 Å². The molecule has 2 aliphatic heterocycles. The minimum absolute atomic E-state index is 0.0348. The van der Waals surface area contributed by atoms with E-state index >= 15 is 0 Å². The number of pyridine rings is 1. The van der Waals surface area contributed by atoms with Gasteiger partial charge in [0.1, 0.15) is 5.82 Å². The van der Waals surface area contributed by atoms with Crippen molar-refractivity contribution in [3.8, 4) is 5.75 Å². The third-order valence-corrected chi connectivity index (χ3v) is 5.34. The molecule has 27 heavy (non-hydrogen) atoms. The predicted octanol–water partition coefficient (Wildman–Crippen LogP) is 2.43. The summed E-state index contributed by atoms with van der Waals surface area (Å²) in [4.78, 5) is 18.8. The molecule has 2 fully saturated rings. The van der Waals surface area contributed by atoms with Gasteiger partial charge in [-0.3, -0.25) is 4.79 Å². The summed E-state index contributed by atoms with van der Waals surface area (Å²) in [6.07, 6.45) is 1.79. The summed E-state index contributed by atoms with van der Waals surface area (Å²) in [5, 5.41) is 3.34. The molecule has 1 aromatic heterocycles. The summed E-state index contributed by atoms with van der Waals surface area (Å²) >= 11 is 0. The van der Waals surface area contributed by atoms with E-state index in [9.17, 15) is 9.18 Å². The van der Waals surface area contributed by atoms with Gasteiger partial charge in [0.05, 0.1) is 19.8 Å². The van der Waals surface area contributed by atoms with E-state index in [4.69, 9.17) is 9.47 Å². The molecule has 0 saturated carbocycles. The standard InChI is InChI=1S/C20H22FN3O3/c1-26-17-6-5-13(8-16(17)21)20(25)24-10-15-14(12-27-18(15)11-24)9-23-19-4-2-3-7-22-19/h2-8,14-15,18H,9-12H2,1H3,(H,22,23)/t14-,15+,18+/m1/s1. The van der Waals surface area contributed by atoms with Gasteiger partial charge in [-0.25, -0.2) is 9.37 Å². The number of ether oxygens (including phenoxy) is 2. The highest BCUT2D eigenvalue weighted by atomic mass is 19.1. The number of methoxy groups -OCH3 is 1. The first-order valence-electron chi connectivity index (χ1n) is 9.05. The number of fused-ring (bicyclic) bond motifs is 1. The molecule has 1 N–H and O–H groups in total. The van der Waals surface area contributed by atoms with Gasteiger partial charge in [0, 0.05) is 43.2 Å². The lowest BCUT2D eigenvalue weighted by atomic mass is 9.93. The highest BCUT2D eigenvalue weighted by Crippen LogP contribution is 2.34. The van der Waals surface area contributed by atoms with E-state index < -0.39 is 5.82 Å². The molecular weight excluding hydrogens is 349 g/mol. The lowest BCUT2D eigenvalue weighted by Crippen LogP contribution is -2.32. The molecule has 3 atom stereocenters. The van der Waals surface area contributed by atoms with E-state index in [1.165, 1.54) is 19.2 Å². The summed E-state index contributed by atoms with van der Waals surface area (Å²) < 4.78 is 24.7. The Kier molecular flexibility index (Phi) is 4.94. The van der Waals surface area contributed by atoms with Crippen LogP contribution in [0.1, 0.15) is 10.4 Å². The van der Waals surface area contributed by atoms with Gasteiger partial charge in [0.25, 0.3) is 5.91 Å². The fraction of sp³-hybridized carbons (Fsp3) is 0.400. The summed E-state index contributed by atoms with van der Waals surface area (Å²) in [6.45, 7) is 2.58. The largest absolute Gasteiger partial charge is 0.494 e. The zero-order chi connectivity index (χ0) is 18.8. The van der Waals surface area contributed by atoms with Crippen LogP contribution in [0, 0.1) is 17.7 Å². The number of carbonyl (C=O) groups excluding carboxylic acids is 1. The van der Waals surface area contributed by atoms with Crippen molar-refractivity contribution in [1.29, 1.82) is 0 Å². The number of carbonyl (C=O) groups is 1. The van der Waals surface area contributed by atoms with E-state index in [2.05, 4.69) is 10.3 Å². The Morgan fingerprint density at radius 3 is 3.00 bits per heavy atom. The monoisotopic (exact) mass is 371 g/mol. The maximum atomic E-state index is 13.9. The number of halogens is 1. The van der Waals surface area contributed by atoms with Crippen LogP contribution in [0.25, 0.3) is 0 Å². The van der Waals surface area contributed by atoms with E-state index in [0.29, 0.717) is 31.2 Å². The van der Waals surface area contributed by atoms with Crippen LogP contribution in [0.15, 0.2) is 42.6 Å². The molecule has 2 saturated heterocycles. The lowest BCUT2D eigenvalue weighted by molar-refractivity contribution is 0.0680. The Labute approximate surface area is 157 Å². The fourth-order valence-electron chi connectivity index (χ4n) is 3.86. The fourth-order valence-corrected chi connectivity index (χ4v) is 3.86. The Morgan fingerprint density at radius 2 is 2.26 bits per heavy atom. The number of nitrogens with zero attached hydrogens (tertiary/aromatic N) is 2. The molecule has 0 bridgehead atoms. The van der Waals surface area contributed by atoms with Gasteiger partial charge < -0.3 is 19.7 Å². The van der Waals surface area contributed by atoms with Crippen LogP contribution >= 0.6 is 0 Å². The minimum Gasteiger partial charge on any atom is -0.494 e. The summed E-state index contributed by atoms with van der Waals surface area (Å²) in [6, 6.07) is 10.1. The maximum absolute atomic E-state index is 13.9. The van der Waals surface area contributed by atoms with Gasteiger partial charge in [0.2, 0.25) is 0 Å². The molecular formula is C20H22FN3O3. The first-order chi connectivity index (χ1) is 13.2. The molecule has 6 nitrogen and oxygen atoms in total. The number of nitrogens with one attached hydrogen (secondary N) is 1. The Bertz CT molecular complexity index is 817. The number of aromatic nitrogens is 1. The summed E-state index contributed by atoms with van der Waals surface area (Å²) in [5.74, 6) is 0.840. The van der Waals surface area contributed by atoms with E-state index in [-0.39, 0.29) is 23.7 Å². The van der Waals surface area contributed by atoms with Crippen LogP contribution in [-0.2, 0) is 4.74 Å². The van der Waals surface area contributed by atoms with Gasteiger partial charge in [0.15, 0.2) is 11.6 Å². The van der Waals surface area contributed by atoms with E-state index in [1.54, 1.807) is 17.2 Å². The number of rotatable bonds is 5. The molecule has 1 aromatic carbocycles. The molecule has 2 aromatic rings. The zero-order valence-corrected chi connectivity index (χ0v) is 15.1. The van der Waals surface area contributed by atoms with Crippen LogP contribution in [0.2, 0.25) is 0 Å². The molecule has 142 valence electrons. The molecule has 2 aliphatic rings. The molecule has 3 heterocycles. The Balaban J connectivity index is 1.39. The Hall–Kier alpha value is -2.67. The highest BCUT2D eigenvalue weighted by Gasteiger charge is 2.45. The average molecular weight is 371 g/mol. The van der Waals surface area contributed by atoms with Crippen LogP contribution in [0.5, 0.6) is 5.75 Å². The molecule has 7 heteroatoms. The van der Waals surface area contributed by atoms with E-state index in [0.717, 1.165) is 12.4 Å². The molecule has 0 radical (unpaired) electrons. The van der Waals surface area contributed by atoms with Crippen LogP contribution in [0.3, 0.4) is 0 Å². The SMILES string of the molecule is COc1ccc(C(=O)N2C[C@H]3[C@H](CNc4ccccn4)CO[C@H]3C2)cc1F. The van der Waals surface area contributed by atoms with Crippen molar-refractivity contribution in [3.63, 3.8) is 0 Å². The zero-order valence-electron chi connectivity index (χ0n) is 15.1. The third-order valence-electron chi connectivity index (χ3n) is 5.34. The number of amides is 1. The molecule has 4 rings (SSSR count). The van der Waals surface area contributed by atoms with Gasteiger partial charge in [-0.2, -0.15) is 0 Å². The van der Waals surface area contributed by atoms with Crippen molar-refractivity contribution in [1.82, 2.24) is 9.88 Å². The van der Waals surface area contributed by atoms with Crippen LogP contribution in [-0.4, -0.2) is 55.2 Å². The van der Waals surface area contributed by atoms with Crippen molar-refractivity contribution in [3.05, 3.63) is 54.0 Å². The summed E-state index contributed by atoms with van der Waals surface area (Å²) in [7, 11) is 1.40. The molecule has 0 spiro atoms. The Morgan fingerprint density at radius 1 is 1.37 bits per heavy atom. The number of benzene rings is 1. The van der Waals surface area contributed by atoms with E-state index in [1.807, 2.05) is 18.2 Å². The summed E-state index contributed by atoms with van der Waals surface area (Å²) in [5.41, 5.74) is 0.330. The van der Waals surface area contributed by atoms with Crippen LogP contribution < -0.4 is 10.1 Å². The van der Waals surface area contributed by atoms with Crippen molar-refractivity contribution in [2.75, 3.05) is 38.7 Å². The predicted molar refractivity (Wildman–Crippen MR) is 98.3 cm³/mol. The molecule has 0 unspecified atom stereocenters. The van der Waals surface area contributed by atoms with Crippen LogP contribution in [0.4, 0.5) is 10.2 Å². The van der Waals surface area contributed by atoms with Gasteiger partial charge >= 0.3 is 0 Å². The molecule has 1 amide bonds. The van der Waals surface area contributed by atoms with Gasteiger partial charge in [-0.1, -0.05) is 6.07 Å². The first-order valence-corrected chi connectivity index (χ1v) is 9.05. The third kappa shape index (κ3) is 3.60. The number of anilines is 1. The average Bonchev–Trinajstić information content (AvgIpc) is 3.27. The number of likely N-dealkylation sites (tertiary alicyclic amines) is 1. The van der Waals surface area contributed by atoms with Gasteiger partial charge in [-0.05, 0) is 30.3 Å². The second-order valence-electron chi connectivity index (χ2n) is 6.95. The van der Waals surface area contributed by atoms with Crippen molar-refractivity contribution in [2.24, 2.45) is 11.8 Å². The second-order valence-corrected chi connectivity index (χ2v) is 6.95. The van der Waals surface area contributed by atoms with Crippen molar-refractivity contribution >= 4 is 11.7 Å². The minimum atomic E-state index is -0.531. The van der Waals surface area contributed by atoms with Crippen molar-refractivity contribution < 1.29 is 18.7 Å². The first kappa shape index (κ1) is 17.7. The normalized spacial score (nSPS) is 23.9. The number of hydrogen-bond acceptors (Lipinski definition) is 5. The lowest BCUT2D eigenvalue weighted by Gasteiger charge is -2.20. The quantitative estimate of drug-likeness (QED) is 0.875. The van der Waals surface area contributed by atoms with Gasteiger partial charge in [-0.15, -0.1) is 0 Å². The highest BCUT2D eigenvalue weighted by molar-refractivity contribution is 5.94. The number of hydrogen-bond donors (Lipinski definition) is 1. The second kappa shape index (κ2) is 7.52.